The first-order valence-electron chi connectivity index (χ1n) is 9.44. The number of rotatable bonds is 3. The van der Waals surface area contributed by atoms with Crippen molar-refractivity contribution in [3.63, 3.8) is 0 Å². The van der Waals surface area contributed by atoms with Crippen LogP contribution in [-0.4, -0.2) is 38.5 Å². The second-order valence-electron chi connectivity index (χ2n) is 7.05. The maximum absolute atomic E-state index is 13.2. The SMILES string of the molecule is Cc1sc2ncnc(S[C@@H]3CCCCN(C(=O)c4ccc(F)cc4)C3=O)c2c1C. The maximum atomic E-state index is 13.2. The van der Waals surface area contributed by atoms with Crippen LogP contribution in [0.4, 0.5) is 4.39 Å². The highest BCUT2D eigenvalue weighted by Gasteiger charge is 2.33. The van der Waals surface area contributed by atoms with E-state index in [1.54, 1.807) is 11.3 Å². The minimum absolute atomic E-state index is 0.210. The number of amides is 2. The number of thiophene rings is 1. The fraction of sp³-hybridized carbons (Fsp3) is 0.333. The summed E-state index contributed by atoms with van der Waals surface area (Å²) in [5.41, 5.74) is 1.45. The van der Waals surface area contributed by atoms with Gasteiger partial charge in [-0.05, 0) is 56.5 Å². The van der Waals surface area contributed by atoms with Gasteiger partial charge >= 0.3 is 0 Å². The van der Waals surface area contributed by atoms with E-state index in [1.165, 1.54) is 52.1 Å². The molecule has 3 aromatic rings. The molecule has 2 aromatic heterocycles. The molecule has 5 nitrogen and oxygen atoms in total. The maximum Gasteiger partial charge on any atom is 0.260 e. The lowest BCUT2D eigenvalue weighted by Gasteiger charge is -2.22. The van der Waals surface area contributed by atoms with Crippen LogP contribution in [0.25, 0.3) is 10.2 Å². The van der Waals surface area contributed by atoms with Crippen LogP contribution in [0.3, 0.4) is 0 Å². The van der Waals surface area contributed by atoms with Crippen LogP contribution in [0.15, 0.2) is 35.6 Å². The topological polar surface area (TPSA) is 63.2 Å². The Morgan fingerprint density at radius 2 is 1.97 bits per heavy atom. The summed E-state index contributed by atoms with van der Waals surface area (Å²) < 4.78 is 13.2. The van der Waals surface area contributed by atoms with Gasteiger partial charge < -0.3 is 0 Å². The number of hydrogen-bond acceptors (Lipinski definition) is 6. The van der Waals surface area contributed by atoms with E-state index in [2.05, 4.69) is 16.9 Å². The molecular weight excluding hydrogens is 409 g/mol. The third-order valence-corrected chi connectivity index (χ3v) is 7.53. The fourth-order valence-electron chi connectivity index (χ4n) is 3.44. The number of carbonyl (C=O) groups excluding carboxylic acids is 2. The van der Waals surface area contributed by atoms with Crippen molar-refractivity contribution in [1.29, 1.82) is 0 Å². The number of likely N-dealkylation sites (tertiary alicyclic amines) is 1. The highest BCUT2D eigenvalue weighted by molar-refractivity contribution is 8.00. The van der Waals surface area contributed by atoms with Crippen LogP contribution < -0.4 is 0 Å². The molecule has 0 radical (unpaired) electrons. The van der Waals surface area contributed by atoms with Gasteiger partial charge in [-0.15, -0.1) is 11.3 Å². The summed E-state index contributed by atoms with van der Waals surface area (Å²) in [6, 6.07) is 5.31. The van der Waals surface area contributed by atoms with Crippen molar-refractivity contribution in [3.05, 3.63) is 52.4 Å². The number of aromatic nitrogens is 2. The monoisotopic (exact) mass is 429 g/mol. The zero-order valence-corrected chi connectivity index (χ0v) is 17.8. The highest BCUT2D eigenvalue weighted by Crippen LogP contribution is 2.38. The zero-order chi connectivity index (χ0) is 20.5. The number of fused-ring (bicyclic) bond motifs is 1. The molecule has 0 unspecified atom stereocenters. The van der Waals surface area contributed by atoms with Crippen molar-refractivity contribution < 1.29 is 14.0 Å². The molecule has 0 saturated carbocycles. The summed E-state index contributed by atoms with van der Waals surface area (Å²) in [5.74, 6) is -0.998. The molecule has 0 aliphatic carbocycles. The Labute approximate surface area is 176 Å². The lowest BCUT2D eigenvalue weighted by molar-refractivity contribution is -0.127. The van der Waals surface area contributed by atoms with Gasteiger partial charge in [0.15, 0.2) is 0 Å². The fourth-order valence-corrected chi connectivity index (χ4v) is 5.76. The van der Waals surface area contributed by atoms with Crippen LogP contribution in [0.2, 0.25) is 0 Å². The highest BCUT2D eigenvalue weighted by atomic mass is 32.2. The third-order valence-electron chi connectivity index (χ3n) is 5.16. The number of benzene rings is 1. The van der Waals surface area contributed by atoms with Crippen LogP contribution in [0, 0.1) is 19.7 Å². The number of imide groups is 1. The van der Waals surface area contributed by atoms with Crippen molar-refractivity contribution in [2.75, 3.05) is 6.54 Å². The Bertz CT molecular complexity index is 1080. The number of carbonyl (C=O) groups is 2. The van der Waals surface area contributed by atoms with Gasteiger partial charge in [0.05, 0.1) is 5.25 Å². The molecule has 29 heavy (non-hydrogen) atoms. The van der Waals surface area contributed by atoms with E-state index in [1.807, 2.05) is 6.92 Å². The average molecular weight is 430 g/mol. The summed E-state index contributed by atoms with van der Waals surface area (Å²) >= 11 is 3.03. The van der Waals surface area contributed by atoms with Gasteiger partial charge in [0.1, 0.15) is 22.0 Å². The van der Waals surface area contributed by atoms with Gasteiger partial charge in [-0.25, -0.2) is 14.4 Å². The second kappa shape index (κ2) is 8.20. The zero-order valence-electron chi connectivity index (χ0n) is 16.1. The average Bonchev–Trinajstić information content (AvgIpc) is 2.89. The van der Waals surface area contributed by atoms with E-state index in [-0.39, 0.29) is 17.1 Å². The molecule has 1 aliphatic heterocycles. The second-order valence-corrected chi connectivity index (χ2v) is 9.44. The number of thioether (sulfide) groups is 1. The normalized spacial score (nSPS) is 17.6. The predicted molar refractivity (Wildman–Crippen MR) is 113 cm³/mol. The minimum Gasteiger partial charge on any atom is -0.278 e. The van der Waals surface area contributed by atoms with Crippen molar-refractivity contribution in [3.8, 4) is 0 Å². The smallest absolute Gasteiger partial charge is 0.260 e. The molecule has 1 atom stereocenters. The van der Waals surface area contributed by atoms with E-state index >= 15 is 0 Å². The molecule has 0 bridgehead atoms. The van der Waals surface area contributed by atoms with Gasteiger partial charge in [0, 0.05) is 22.4 Å². The quantitative estimate of drug-likeness (QED) is 0.444. The van der Waals surface area contributed by atoms with Gasteiger partial charge in [0.2, 0.25) is 5.91 Å². The van der Waals surface area contributed by atoms with E-state index in [4.69, 9.17) is 0 Å². The Morgan fingerprint density at radius 3 is 2.72 bits per heavy atom. The van der Waals surface area contributed by atoms with Gasteiger partial charge in [-0.3, -0.25) is 14.5 Å². The Balaban J connectivity index is 1.62. The van der Waals surface area contributed by atoms with Gasteiger partial charge in [-0.1, -0.05) is 18.2 Å². The van der Waals surface area contributed by atoms with Crippen molar-refractivity contribution in [1.82, 2.24) is 14.9 Å². The Morgan fingerprint density at radius 1 is 1.21 bits per heavy atom. The number of nitrogens with zero attached hydrogens (tertiary/aromatic N) is 3. The molecule has 1 saturated heterocycles. The molecule has 1 aromatic carbocycles. The first-order valence-corrected chi connectivity index (χ1v) is 11.1. The number of hydrogen-bond donors (Lipinski definition) is 0. The molecule has 3 heterocycles. The van der Waals surface area contributed by atoms with E-state index in [0.717, 1.165) is 33.6 Å². The lowest BCUT2D eigenvalue weighted by atomic mass is 10.2. The molecule has 0 spiro atoms. The van der Waals surface area contributed by atoms with Crippen LogP contribution in [0.1, 0.15) is 40.1 Å². The Hall–Kier alpha value is -2.32. The van der Waals surface area contributed by atoms with Gasteiger partial charge in [0.25, 0.3) is 5.91 Å². The van der Waals surface area contributed by atoms with E-state index < -0.39 is 5.82 Å². The van der Waals surface area contributed by atoms with E-state index in [0.29, 0.717) is 18.5 Å². The van der Waals surface area contributed by atoms with Crippen LogP contribution in [0.5, 0.6) is 0 Å². The Kier molecular flexibility index (Phi) is 5.65. The molecule has 0 N–H and O–H groups in total. The molecule has 8 heteroatoms. The minimum atomic E-state index is -0.411. The lowest BCUT2D eigenvalue weighted by Crippen LogP contribution is -2.41. The number of halogens is 1. The molecule has 2 amide bonds. The van der Waals surface area contributed by atoms with Crippen molar-refractivity contribution >= 4 is 45.1 Å². The predicted octanol–water partition coefficient (Wildman–Crippen LogP) is 4.76. The molecule has 1 aliphatic rings. The standard InChI is InChI=1S/C21H20FN3O2S2/c1-12-13(2)28-18-17(12)19(24-11-23-18)29-16-5-3-4-10-25(21(16)27)20(26)14-6-8-15(22)9-7-14/h6-9,11,16H,3-5,10H2,1-2H3/t16-/m1/s1. The number of aryl methyl sites for hydroxylation is 2. The van der Waals surface area contributed by atoms with Crippen molar-refractivity contribution in [2.24, 2.45) is 0 Å². The summed E-state index contributed by atoms with van der Waals surface area (Å²) in [4.78, 5) is 38.3. The summed E-state index contributed by atoms with van der Waals surface area (Å²) in [6.07, 6.45) is 3.82. The largest absolute Gasteiger partial charge is 0.278 e. The molecule has 4 rings (SSSR count). The summed E-state index contributed by atoms with van der Waals surface area (Å²) in [6.45, 7) is 4.47. The molecule has 150 valence electrons. The molecular formula is C21H20FN3O2S2. The third kappa shape index (κ3) is 3.91. The first kappa shape index (κ1) is 20.0. The molecule has 1 fully saturated rings. The van der Waals surface area contributed by atoms with Crippen LogP contribution >= 0.6 is 23.1 Å². The van der Waals surface area contributed by atoms with Crippen LogP contribution in [-0.2, 0) is 4.79 Å². The first-order chi connectivity index (χ1) is 14.0. The van der Waals surface area contributed by atoms with E-state index in [9.17, 15) is 14.0 Å². The summed E-state index contributed by atoms with van der Waals surface area (Å²) in [7, 11) is 0. The summed E-state index contributed by atoms with van der Waals surface area (Å²) in [5, 5.41) is 1.39. The van der Waals surface area contributed by atoms with Gasteiger partial charge in [-0.2, -0.15) is 0 Å². The van der Waals surface area contributed by atoms with Crippen molar-refractivity contribution in [2.45, 2.75) is 43.4 Å².